The van der Waals surface area contributed by atoms with Gasteiger partial charge in [0.25, 0.3) is 0 Å². The Labute approximate surface area is 148 Å². The molecule has 0 bridgehead atoms. The second-order valence-electron chi connectivity index (χ2n) is 5.92. The molecule has 0 saturated heterocycles. The fraction of sp³-hybridized carbons (Fsp3) is 0.895. The van der Waals surface area contributed by atoms with E-state index in [1.165, 1.54) is 19.3 Å². The van der Waals surface area contributed by atoms with Crippen molar-refractivity contribution < 1.29 is 14.7 Å². The molecule has 0 saturated carbocycles. The zero-order valence-corrected chi connectivity index (χ0v) is 15.9. The smallest absolute Gasteiger partial charge is 0.303 e. The summed E-state index contributed by atoms with van der Waals surface area (Å²) in [6.07, 6.45) is 12.6. The first-order valence-corrected chi connectivity index (χ1v) is 9.85. The molecule has 0 unspecified atom stereocenters. The number of aliphatic carboxylic acids is 1. The van der Waals surface area contributed by atoms with Crippen molar-refractivity contribution in [3.8, 4) is 0 Å². The predicted molar refractivity (Wildman–Crippen MR) is 101 cm³/mol. The number of carbonyl (C=O) groups excluding carboxylic acids is 1. The number of nitrogens with two attached hydrogens (primary N) is 1. The van der Waals surface area contributed by atoms with Gasteiger partial charge in [-0.3, -0.25) is 9.59 Å². The number of nitrogens with one attached hydrogen (secondary N) is 1. The van der Waals surface area contributed by atoms with E-state index in [2.05, 4.69) is 5.32 Å². The number of carboxylic acid groups (broad SMARTS) is 1. The van der Waals surface area contributed by atoms with Crippen molar-refractivity contribution in [1.82, 2.24) is 5.32 Å². The van der Waals surface area contributed by atoms with Crippen LogP contribution in [0.3, 0.4) is 0 Å². The molecule has 4 N–H and O–H groups in total. The minimum atomic E-state index is -0.693. The minimum absolute atomic E-state index is 0.162. The van der Waals surface area contributed by atoms with Crippen LogP contribution in [0.4, 0.5) is 0 Å². The lowest BCUT2D eigenvalue weighted by molar-refractivity contribution is -0.137. The van der Waals surface area contributed by atoms with Crippen molar-refractivity contribution in [3.63, 3.8) is 0 Å². The zero-order valence-electron chi connectivity index (χ0n) is 15.9. The van der Waals surface area contributed by atoms with Gasteiger partial charge in [-0.15, -0.1) is 0 Å². The highest BCUT2D eigenvalue weighted by Crippen LogP contribution is 2.09. The van der Waals surface area contributed by atoms with Crippen molar-refractivity contribution in [1.29, 1.82) is 0 Å². The Morgan fingerprint density at radius 1 is 0.750 bits per heavy atom. The van der Waals surface area contributed by atoms with Crippen molar-refractivity contribution in [2.24, 2.45) is 5.73 Å². The second kappa shape index (κ2) is 21.9. The zero-order chi connectivity index (χ0) is 18.5. The Kier molecular flexibility index (Phi) is 22.9. The Bertz CT molecular complexity index is 284. The van der Waals surface area contributed by atoms with Crippen LogP contribution in [-0.4, -0.2) is 30.1 Å². The number of carboxylic acids is 1. The molecule has 144 valence electrons. The van der Waals surface area contributed by atoms with Crippen LogP contribution in [-0.2, 0) is 9.59 Å². The molecule has 0 spiro atoms. The highest BCUT2D eigenvalue weighted by atomic mass is 16.4. The van der Waals surface area contributed by atoms with E-state index in [0.29, 0.717) is 19.4 Å². The average Bonchev–Trinajstić information content (AvgIpc) is 2.58. The number of rotatable bonds is 16. The van der Waals surface area contributed by atoms with Gasteiger partial charge in [-0.1, -0.05) is 58.8 Å². The first kappa shape index (κ1) is 25.1. The maximum absolute atomic E-state index is 11.5. The van der Waals surface area contributed by atoms with Gasteiger partial charge in [-0.2, -0.15) is 0 Å². The van der Waals surface area contributed by atoms with Crippen molar-refractivity contribution in [2.75, 3.05) is 13.1 Å². The predicted octanol–water partition coefficient (Wildman–Crippen LogP) is 4.24. The van der Waals surface area contributed by atoms with Crippen LogP contribution in [0.1, 0.15) is 97.3 Å². The van der Waals surface area contributed by atoms with Crippen LogP contribution in [0.15, 0.2) is 0 Å². The van der Waals surface area contributed by atoms with Gasteiger partial charge in [0.1, 0.15) is 0 Å². The summed E-state index contributed by atoms with van der Waals surface area (Å²) in [5, 5.41) is 11.5. The third kappa shape index (κ3) is 23.2. The molecule has 0 fully saturated rings. The molecular formula is C19H40N2O3. The summed E-state index contributed by atoms with van der Waals surface area (Å²) in [5.74, 6) is -0.531. The third-order valence-electron chi connectivity index (χ3n) is 3.75. The first-order chi connectivity index (χ1) is 11.7. The van der Waals surface area contributed by atoms with E-state index in [1.807, 2.05) is 13.8 Å². The Balaban J connectivity index is 0. The van der Waals surface area contributed by atoms with Gasteiger partial charge in [0, 0.05) is 19.4 Å². The molecule has 0 aliphatic heterocycles. The molecule has 0 rings (SSSR count). The summed E-state index contributed by atoms with van der Waals surface area (Å²) < 4.78 is 0. The SMILES string of the molecule is CC.NCCCCCC(=O)NCCCCCCCCCCC(=O)O. The fourth-order valence-electron chi connectivity index (χ4n) is 2.38. The van der Waals surface area contributed by atoms with Gasteiger partial charge < -0.3 is 16.2 Å². The highest BCUT2D eigenvalue weighted by molar-refractivity contribution is 5.75. The maximum atomic E-state index is 11.5. The summed E-state index contributed by atoms with van der Waals surface area (Å²) in [7, 11) is 0. The summed E-state index contributed by atoms with van der Waals surface area (Å²) in [4.78, 5) is 21.8. The third-order valence-corrected chi connectivity index (χ3v) is 3.75. The van der Waals surface area contributed by atoms with E-state index in [1.54, 1.807) is 0 Å². The summed E-state index contributed by atoms with van der Waals surface area (Å²) >= 11 is 0. The van der Waals surface area contributed by atoms with Gasteiger partial charge >= 0.3 is 5.97 Å². The Hall–Kier alpha value is -1.10. The van der Waals surface area contributed by atoms with Crippen LogP contribution in [0.2, 0.25) is 0 Å². The summed E-state index contributed by atoms with van der Waals surface area (Å²) in [5.41, 5.74) is 5.41. The summed E-state index contributed by atoms with van der Waals surface area (Å²) in [6, 6.07) is 0. The van der Waals surface area contributed by atoms with Gasteiger partial charge in [0.05, 0.1) is 0 Å². The van der Waals surface area contributed by atoms with Crippen molar-refractivity contribution in [3.05, 3.63) is 0 Å². The van der Waals surface area contributed by atoms with E-state index in [0.717, 1.165) is 57.9 Å². The van der Waals surface area contributed by atoms with Crippen LogP contribution in [0.25, 0.3) is 0 Å². The molecule has 0 aliphatic carbocycles. The molecule has 0 heterocycles. The largest absolute Gasteiger partial charge is 0.481 e. The topological polar surface area (TPSA) is 92.4 Å². The molecule has 1 amide bonds. The lowest BCUT2D eigenvalue weighted by Crippen LogP contribution is -2.24. The molecule has 5 heteroatoms. The lowest BCUT2D eigenvalue weighted by atomic mass is 10.1. The van der Waals surface area contributed by atoms with E-state index in [4.69, 9.17) is 10.8 Å². The quantitative estimate of drug-likeness (QED) is 0.365. The van der Waals surface area contributed by atoms with Crippen LogP contribution >= 0.6 is 0 Å². The number of amides is 1. The Morgan fingerprint density at radius 2 is 1.21 bits per heavy atom. The monoisotopic (exact) mass is 344 g/mol. The lowest BCUT2D eigenvalue weighted by Gasteiger charge is -2.05. The highest BCUT2D eigenvalue weighted by Gasteiger charge is 2.00. The number of hydrogen-bond acceptors (Lipinski definition) is 3. The minimum Gasteiger partial charge on any atom is -0.481 e. The Morgan fingerprint density at radius 3 is 1.75 bits per heavy atom. The first-order valence-electron chi connectivity index (χ1n) is 9.85. The van der Waals surface area contributed by atoms with Crippen molar-refractivity contribution >= 4 is 11.9 Å². The molecule has 0 aromatic heterocycles. The van der Waals surface area contributed by atoms with E-state index >= 15 is 0 Å². The normalized spacial score (nSPS) is 9.96. The average molecular weight is 345 g/mol. The number of unbranched alkanes of at least 4 members (excludes halogenated alkanes) is 9. The van der Waals surface area contributed by atoms with Crippen LogP contribution in [0, 0.1) is 0 Å². The molecule has 0 atom stereocenters. The molecule has 0 aromatic carbocycles. The van der Waals surface area contributed by atoms with Crippen molar-refractivity contribution in [2.45, 2.75) is 97.3 Å². The van der Waals surface area contributed by atoms with E-state index < -0.39 is 5.97 Å². The van der Waals surface area contributed by atoms with E-state index in [9.17, 15) is 9.59 Å². The molecule has 24 heavy (non-hydrogen) atoms. The number of hydrogen-bond donors (Lipinski definition) is 3. The van der Waals surface area contributed by atoms with Crippen LogP contribution in [0.5, 0.6) is 0 Å². The maximum Gasteiger partial charge on any atom is 0.303 e. The van der Waals surface area contributed by atoms with Gasteiger partial charge in [0.15, 0.2) is 0 Å². The molecule has 5 nitrogen and oxygen atoms in total. The fourth-order valence-corrected chi connectivity index (χ4v) is 2.38. The summed E-state index contributed by atoms with van der Waals surface area (Å²) in [6.45, 7) is 5.50. The van der Waals surface area contributed by atoms with Gasteiger partial charge in [0.2, 0.25) is 5.91 Å². The van der Waals surface area contributed by atoms with Gasteiger partial charge in [-0.05, 0) is 32.2 Å². The molecule has 0 aromatic rings. The standard InChI is InChI=1S/C17H34N2O3.C2H6/c18-14-10-7-8-12-16(20)19-15-11-6-4-2-1-3-5-9-13-17(21)22;1-2/h1-15,18H2,(H,19,20)(H,21,22);1-2H3. The number of carbonyl (C=O) groups is 2. The van der Waals surface area contributed by atoms with Crippen LogP contribution < -0.4 is 11.1 Å². The molecular weight excluding hydrogens is 304 g/mol. The molecule has 0 radical (unpaired) electrons. The second-order valence-corrected chi connectivity index (χ2v) is 5.92. The van der Waals surface area contributed by atoms with Gasteiger partial charge in [-0.25, -0.2) is 0 Å². The molecule has 0 aliphatic rings. The van der Waals surface area contributed by atoms with E-state index in [-0.39, 0.29) is 5.91 Å².